The van der Waals surface area contributed by atoms with E-state index < -0.39 is 38.7 Å². The van der Waals surface area contributed by atoms with Gasteiger partial charge >= 0.3 is 12.2 Å². The molecule has 0 spiro atoms. The molecule has 0 aromatic heterocycles. The Hall–Kier alpha value is -2.34. The quantitative estimate of drug-likeness (QED) is 0.522. The number of alkyl halides is 3. The summed E-state index contributed by atoms with van der Waals surface area (Å²) < 4.78 is 65.5. The molecule has 0 bridgehead atoms. The Morgan fingerprint density at radius 2 is 1.74 bits per heavy atom. The van der Waals surface area contributed by atoms with E-state index in [0.29, 0.717) is 0 Å². The molecule has 1 fully saturated rings. The number of amides is 3. The molecule has 1 saturated heterocycles. The molecule has 0 saturated carbocycles. The fourth-order valence-electron chi connectivity index (χ4n) is 1.87. The number of nitrogens with one attached hydrogen (secondary N) is 2. The molecule has 126 valence electrons. The van der Waals surface area contributed by atoms with Crippen LogP contribution in [0.25, 0.3) is 0 Å². The van der Waals surface area contributed by atoms with Crippen molar-refractivity contribution < 1.29 is 31.2 Å². The van der Waals surface area contributed by atoms with Crippen LogP contribution in [-0.2, 0) is 14.8 Å². The number of anilines is 1. The zero-order chi connectivity index (χ0) is 17.6. The van der Waals surface area contributed by atoms with Crippen molar-refractivity contribution >= 4 is 27.6 Å². The van der Waals surface area contributed by atoms with Gasteiger partial charge in [-0.2, -0.15) is 17.9 Å². The molecule has 1 aliphatic rings. The van der Waals surface area contributed by atoms with Gasteiger partial charge in [0.1, 0.15) is 0 Å². The summed E-state index contributed by atoms with van der Waals surface area (Å²) in [6.45, 7) is 0. The molecule has 0 radical (unpaired) electrons. The van der Waals surface area contributed by atoms with Crippen LogP contribution in [-0.4, -0.2) is 44.1 Å². The number of rotatable bonds is 3. The van der Waals surface area contributed by atoms with Crippen LogP contribution in [0, 0.1) is 0 Å². The van der Waals surface area contributed by atoms with Crippen LogP contribution in [0.3, 0.4) is 0 Å². The Kier molecular flexibility index (Phi) is 3.77. The Morgan fingerprint density at radius 1 is 1.22 bits per heavy atom. The first-order valence-corrected chi connectivity index (χ1v) is 7.45. The van der Waals surface area contributed by atoms with Gasteiger partial charge in [0.2, 0.25) is 10.0 Å². The normalized spacial score (nSPS) is 22.3. The number of nitrogens with zero attached hydrogens (tertiary/aromatic N) is 1. The lowest BCUT2D eigenvalue weighted by molar-refractivity contribution is -0.197. The van der Waals surface area contributed by atoms with Gasteiger partial charge in [-0.3, -0.25) is 9.69 Å². The fourth-order valence-corrected chi connectivity index (χ4v) is 3.14. The van der Waals surface area contributed by atoms with Crippen molar-refractivity contribution in [3.63, 3.8) is 0 Å². The van der Waals surface area contributed by atoms with E-state index in [9.17, 15) is 31.2 Å². The van der Waals surface area contributed by atoms with Gasteiger partial charge in [0.05, 0.1) is 4.90 Å². The van der Waals surface area contributed by atoms with Crippen molar-refractivity contribution in [3.05, 3.63) is 24.3 Å². The summed E-state index contributed by atoms with van der Waals surface area (Å²) in [5, 5.41) is 1.34. The van der Waals surface area contributed by atoms with Crippen LogP contribution in [0.4, 0.5) is 23.7 Å². The van der Waals surface area contributed by atoms with Crippen molar-refractivity contribution in [1.82, 2.24) is 14.9 Å². The van der Waals surface area contributed by atoms with Gasteiger partial charge in [0, 0.05) is 12.7 Å². The average Bonchev–Trinajstić information content (AvgIpc) is 2.63. The fraction of sp³-hybridized carbons (Fsp3) is 0.273. The number of carbonyl (C=O) groups excluding carboxylic acids is 2. The number of nitrogen functional groups attached to an aromatic ring is 1. The Labute approximate surface area is 128 Å². The third-order valence-electron chi connectivity index (χ3n) is 3.13. The summed E-state index contributed by atoms with van der Waals surface area (Å²) in [5.41, 5.74) is 1.80. The zero-order valence-electron chi connectivity index (χ0n) is 11.5. The Bertz CT molecular complexity index is 762. The minimum atomic E-state index is -5.40. The number of sulfonamides is 1. The summed E-state index contributed by atoms with van der Waals surface area (Å²) in [7, 11) is -3.98. The molecule has 1 atom stereocenters. The molecule has 1 aromatic rings. The van der Waals surface area contributed by atoms with Crippen molar-refractivity contribution in [1.29, 1.82) is 0 Å². The number of benzene rings is 1. The third kappa shape index (κ3) is 2.70. The first-order valence-electron chi connectivity index (χ1n) is 5.97. The Morgan fingerprint density at radius 3 is 2.13 bits per heavy atom. The third-order valence-corrected chi connectivity index (χ3v) is 4.60. The second-order valence-electron chi connectivity index (χ2n) is 4.72. The van der Waals surface area contributed by atoms with Crippen LogP contribution < -0.4 is 15.8 Å². The van der Waals surface area contributed by atoms with E-state index in [0.717, 1.165) is 31.3 Å². The number of halogens is 3. The highest BCUT2D eigenvalue weighted by Gasteiger charge is 2.68. The maximum Gasteiger partial charge on any atom is 0.435 e. The zero-order valence-corrected chi connectivity index (χ0v) is 12.3. The van der Waals surface area contributed by atoms with Crippen LogP contribution in [0.15, 0.2) is 29.2 Å². The second-order valence-corrected chi connectivity index (χ2v) is 6.40. The van der Waals surface area contributed by atoms with Crippen LogP contribution in [0.5, 0.6) is 0 Å². The number of nitrogens with two attached hydrogens (primary N) is 1. The summed E-state index contributed by atoms with van der Waals surface area (Å²) in [5.74, 6) is -1.78. The first-order chi connectivity index (χ1) is 10.4. The lowest BCUT2D eigenvalue weighted by atomic mass is 10.2. The van der Waals surface area contributed by atoms with E-state index in [-0.39, 0.29) is 10.6 Å². The number of carbonyl (C=O) groups is 2. The number of likely N-dealkylation sites (N-methyl/N-ethyl adjacent to an activating group) is 1. The molecule has 8 nitrogen and oxygen atoms in total. The topological polar surface area (TPSA) is 122 Å². The maximum atomic E-state index is 13.3. The SMILES string of the molecule is CN1C(=O)N[C@](NS(=O)(=O)c2ccc(N)cc2)(C(F)(F)F)C1=O. The highest BCUT2D eigenvalue weighted by atomic mass is 32.2. The van der Waals surface area contributed by atoms with Crippen molar-refractivity contribution in [2.75, 3.05) is 12.8 Å². The summed E-state index contributed by atoms with van der Waals surface area (Å²) >= 11 is 0. The maximum absolute atomic E-state index is 13.3. The first kappa shape index (κ1) is 17.0. The lowest BCUT2D eigenvalue weighted by Gasteiger charge is -2.29. The Balaban J connectivity index is 2.50. The number of hydrogen-bond acceptors (Lipinski definition) is 5. The largest absolute Gasteiger partial charge is 0.435 e. The molecule has 0 unspecified atom stereocenters. The molecule has 4 N–H and O–H groups in total. The van der Waals surface area contributed by atoms with Gasteiger partial charge in [0.15, 0.2) is 0 Å². The summed E-state index contributed by atoms with van der Waals surface area (Å²) in [6.07, 6.45) is -5.40. The lowest BCUT2D eigenvalue weighted by Crippen LogP contribution is -2.69. The molecular formula is C11H11F3N4O4S. The van der Waals surface area contributed by atoms with Gasteiger partial charge in [0.25, 0.3) is 11.6 Å². The van der Waals surface area contributed by atoms with E-state index in [4.69, 9.17) is 5.73 Å². The van der Waals surface area contributed by atoms with Gasteiger partial charge in [-0.15, -0.1) is 0 Å². The van der Waals surface area contributed by atoms with Crippen LogP contribution in [0.1, 0.15) is 0 Å². The molecule has 12 heteroatoms. The molecule has 23 heavy (non-hydrogen) atoms. The molecule has 1 aliphatic heterocycles. The van der Waals surface area contributed by atoms with Crippen LogP contribution in [0.2, 0.25) is 0 Å². The van der Waals surface area contributed by atoms with Crippen molar-refractivity contribution in [3.8, 4) is 0 Å². The van der Waals surface area contributed by atoms with Gasteiger partial charge in [-0.05, 0) is 24.3 Å². The number of imide groups is 1. The van der Waals surface area contributed by atoms with Crippen molar-refractivity contribution in [2.24, 2.45) is 0 Å². The van der Waals surface area contributed by atoms with E-state index in [1.54, 1.807) is 0 Å². The molecule has 1 aromatic carbocycles. The average molecular weight is 352 g/mol. The van der Waals surface area contributed by atoms with Gasteiger partial charge in [-0.1, -0.05) is 0 Å². The van der Waals surface area contributed by atoms with E-state index in [1.165, 1.54) is 10.0 Å². The van der Waals surface area contributed by atoms with Gasteiger partial charge in [-0.25, -0.2) is 13.2 Å². The minimum Gasteiger partial charge on any atom is -0.399 e. The second kappa shape index (κ2) is 5.09. The monoisotopic (exact) mass is 352 g/mol. The minimum absolute atomic E-state index is 0.138. The molecule has 2 rings (SSSR count). The van der Waals surface area contributed by atoms with E-state index in [1.807, 2.05) is 0 Å². The van der Waals surface area contributed by atoms with E-state index >= 15 is 0 Å². The molecule has 0 aliphatic carbocycles. The summed E-state index contributed by atoms with van der Waals surface area (Å²) in [4.78, 5) is 22.8. The van der Waals surface area contributed by atoms with Crippen LogP contribution >= 0.6 is 0 Å². The van der Waals surface area contributed by atoms with Crippen molar-refractivity contribution in [2.45, 2.75) is 16.7 Å². The summed E-state index contributed by atoms with van der Waals surface area (Å²) in [6, 6.07) is 2.87. The predicted molar refractivity (Wildman–Crippen MR) is 71.3 cm³/mol. The molecular weight excluding hydrogens is 341 g/mol. The number of hydrogen-bond donors (Lipinski definition) is 3. The van der Waals surface area contributed by atoms with Gasteiger partial charge < -0.3 is 11.1 Å². The number of urea groups is 1. The smallest absolute Gasteiger partial charge is 0.399 e. The highest BCUT2D eigenvalue weighted by Crippen LogP contribution is 2.34. The van der Waals surface area contributed by atoms with E-state index in [2.05, 4.69) is 0 Å². The molecule has 1 heterocycles. The molecule has 3 amide bonds. The predicted octanol–water partition coefficient (Wildman–Crippen LogP) is -0.0127. The standard InChI is InChI=1S/C11H11F3N4O4S/c1-18-8(19)10(11(12,13)14,16-9(18)20)17-23(21,22)7-4-2-6(15)3-5-7/h2-5,17H,15H2,1H3,(H,16,20)/t10-/m1/s1. The highest BCUT2D eigenvalue weighted by molar-refractivity contribution is 7.89.